The van der Waals surface area contributed by atoms with Gasteiger partial charge in [-0.15, -0.1) is 0 Å². The zero-order chi connectivity index (χ0) is 12.9. The predicted octanol–water partition coefficient (Wildman–Crippen LogP) is 3.27. The molecular weight excluding hydrogens is 260 g/mol. The Hall–Kier alpha value is -1.24. The summed E-state index contributed by atoms with van der Waals surface area (Å²) in [4.78, 5) is 10.4. The average molecular weight is 268 g/mol. The normalized spacial score (nSPS) is 11.3. The molecule has 0 spiro atoms. The molecule has 0 bridgehead atoms. The SMILES string of the molecule is O=Cc1cc(F)cc(OCCSC(F)(F)F)c1. The van der Waals surface area contributed by atoms with Crippen LogP contribution in [0.5, 0.6) is 5.75 Å². The van der Waals surface area contributed by atoms with E-state index in [0.29, 0.717) is 6.29 Å². The number of alkyl halides is 3. The van der Waals surface area contributed by atoms with Crippen LogP contribution in [0.3, 0.4) is 0 Å². The zero-order valence-electron chi connectivity index (χ0n) is 8.46. The number of rotatable bonds is 5. The number of aldehydes is 1. The van der Waals surface area contributed by atoms with Gasteiger partial charge in [-0.3, -0.25) is 4.79 Å². The van der Waals surface area contributed by atoms with Crippen LogP contribution < -0.4 is 4.74 Å². The highest BCUT2D eigenvalue weighted by Gasteiger charge is 2.27. The van der Waals surface area contributed by atoms with Gasteiger partial charge in [0.15, 0.2) is 0 Å². The number of benzene rings is 1. The van der Waals surface area contributed by atoms with Crippen molar-refractivity contribution in [2.45, 2.75) is 5.51 Å². The van der Waals surface area contributed by atoms with Gasteiger partial charge < -0.3 is 4.74 Å². The molecule has 0 aliphatic rings. The summed E-state index contributed by atoms with van der Waals surface area (Å²) >= 11 is -0.221. The summed E-state index contributed by atoms with van der Waals surface area (Å²) in [5.41, 5.74) is -4.23. The molecule has 7 heteroatoms. The molecule has 0 aliphatic carbocycles. The van der Waals surface area contributed by atoms with Crippen molar-refractivity contribution in [3.05, 3.63) is 29.6 Å². The minimum Gasteiger partial charge on any atom is -0.493 e. The number of thioether (sulfide) groups is 1. The Morgan fingerprint density at radius 1 is 1.29 bits per heavy atom. The molecule has 0 saturated heterocycles. The highest BCUT2D eigenvalue weighted by atomic mass is 32.2. The van der Waals surface area contributed by atoms with Gasteiger partial charge in [0.05, 0.1) is 6.61 Å². The molecule has 1 rings (SSSR count). The molecule has 0 unspecified atom stereocenters. The molecule has 0 N–H and O–H groups in total. The molecule has 0 radical (unpaired) electrons. The molecular formula is C10H8F4O2S. The molecule has 0 amide bonds. The maximum absolute atomic E-state index is 12.9. The summed E-state index contributed by atoms with van der Waals surface area (Å²) in [6.07, 6.45) is 0.431. The van der Waals surface area contributed by atoms with E-state index in [0.717, 1.165) is 12.1 Å². The van der Waals surface area contributed by atoms with Gasteiger partial charge in [0.1, 0.15) is 17.9 Å². The Balaban J connectivity index is 2.46. The van der Waals surface area contributed by atoms with E-state index in [4.69, 9.17) is 4.74 Å². The third-order valence-electron chi connectivity index (χ3n) is 1.65. The predicted molar refractivity (Wildman–Crippen MR) is 55.8 cm³/mol. The zero-order valence-corrected chi connectivity index (χ0v) is 9.28. The van der Waals surface area contributed by atoms with Crippen LogP contribution in [0.1, 0.15) is 10.4 Å². The fourth-order valence-corrected chi connectivity index (χ4v) is 1.45. The Kier molecular flexibility index (Phi) is 4.80. The molecule has 94 valence electrons. The Morgan fingerprint density at radius 3 is 2.59 bits per heavy atom. The summed E-state index contributed by atoms with van der Waals surface area (Å²) in [7, 11) is 0. The molecule has 2 nitrogen and oxygen atoms in total. The van der Waals surface area contributed by atoms with E-state index in [1.165, 1.54) is 6.07 Å². The van der Waals surface area contributed by atoms with Crippen LogP contribution in [0.25, 0.3) is 0 Å². The second-order valence-electron chi connectivity index (χ2n) is 2.98. The second-order valence-corrected chi connectivity index (χ2v) is 4.14. The number of halogens is 4. The van der Waals surface area contributed by atoms with E-state index in [2.05, 4.69) is 0 Å². The summed E-state index contributed by atoms with van der Waals surface area (Å²) in [5, 5.41) is 0. The van der Waals surface area contributed by atoms with Crippen molar-refractivity contribution in [1.29, 1.82) is 0 Å². The summed E-state index contributed by atoms with van der Waals surface area (Å²) < 4.78 is 53.1. The van der Waals surface area contributed by atoms with Crippen LogP contribution in [0, 0.1) is 5.82 Å². The quantitative estimate of drug-likeness (QED) is 0.466. The van der Waals surface area contributed by atoms with E-state index in [-0.39, 0.29) is 35.4 Å². The smallest absolute Gasteiger partial charge is 0.441 e. The van der Waals surface area contributed by atoms with Crippen LogP contribution in [0.4, 0.5) is 17.6 Å². The van der Waals surface area contributed by atoms with E-state index in [1.54, 1.807) is 0 Å². The number of hydrogen-bond acceptors (Lipinski definition) is 3. The maximum Gasteiger partial charge on any atom is 0.441 e. The topological polar surface area (TPSA) is 26.3 Å². The Bertz CT molecular complexity index is 392. The minimum atomic E-state index is -4.31. The third kappa shape index (κ3) is 5.58. The Morgan fingerprint density at radius 2 is 2.00 bits per heavy atom. The van der Waals surface area contributed by atoms with E-state index >= 15 is 0 Å². The van der Waals surface area contributed by atoms with Crippen LogP contribution in [0.2, 0.25) is 0 Å². The lowest BCUT2D eigenvalue weighted by molar-refractivity contribution is -0.0329. The summed E-state index contributed by atoms with van der Waals surface area (Å²) in [6, 6.07) is 3.27. The van der Waals surface area contributed by atoms with E-state index in [1.807, 2.05) is 0 Å². The van der Waals surface area contributed by atoms with Crippen molar-refractivity contribution in [3.63, 3.8) is 0 Å². The van der Waals surface area contributed by atoms with Crippen molar-refractivity contribution in [2.75, 3.05) is 12.4 Å². The standard InChI is InChI=1S/C10H8F4O2S/c11-8-3-7(6-15)4-9(5-8)16-1-2-17-10(12,13)14/h3-6H,1-2H2. The van der Waals surface area contributed by atoms with Crippen molar-refractivity contribution in [3.8, 4) is 5.75 Å². The summed E-state index contributed by atoms with van der Waals surface area (Å²) in [5.74, 6) is -0.931. The second kappa shape index (κ2) is 5.90. The summed E-state index contributed by atoms with van der Waals surface area (Å²) in [6.45, 7) is -0.216. The third-order valence-corrected chi connectivity index (χ3v) is 2.35. The molecule has 0 atom stereocenters. The van der Waals surface area contributed by atoms with E-state index < -0.39 is 11.3 Å². The van der Waals surface area contributed by atoms with Gasteiger partial charge in [-0.25, -0.2) is 4.39 Å². The highest BCUT2D eigenvalue weighted by Crippen LogP contribution is 2.29. The first-order valence-electron chi connectivity index (χ1n) is 4.50. The molecule has 1 aromatic rings. The van der Waals surface area contributed by atoms with Gasteiger partial charge in [0.2, 0.25) is 0 Å². The number of hydrogen-bond donors (Lipinski definition) is 0. The molecule has 0 fully saturated rings. The fraction of sp³-hybridized carbons (Fsp3) is 0.300. The maximum atomic E-state index is 12.9. The van der Waals surface area contributed by atoms with Gasteiger partial charge in [-0.2, -0.15) is 13.2 Å². The molecule has 0 saturated carbocycles. The Labute approximate surface area is 99.0 Å². The van der Waals surface area contributed by atoms with Gasteiger partial charge in [-0.1, -0.05) is 0 Å². The molecule has 0 heterocycles. The van der Waals surface area contributed by atoms with E-state index in [9.17, 15) is 22.4 Å². The lowest BCUT2D eigenvalue weighted by Crippen LogP contribution is -2.07. The highest BCUT2D eigenvalue weighted by molar-refractivity contribution is 8.00. The first-order chi connectivity index (χ1) is 7.90. The lowest BCUT2D eigenvalue weighted by Gasteiger charge is -2.08. The first-order valence-corrected chi connectivity index (χ1v) is 5.48. The lowest BCUT2D eigenvalue weighted by atomic mass is 10.2. The average Bonchev–Trinajstić information content (AvgIpc) is 2.22. The molecule has 0 aromatic heterocycles. The van der Waals surface area contributed by atoms with Crippen molar-refractivity contribution in [2.24, 2.45) is 0 Å². The fourth-order valence-electron chi connectivity index (χ4n) is 1.05. The van der Waals surface area contributed by atoms with Crippen molar-refractivity contribution in [1.82, 2.24) is 0 Å². The molecule has 0 aliphatic heterocycles. The molecule has 17 heavy (non-hydrogen) atoms. The largest absolute Gasteiger partial charge is 0.493 e. The number of carbonyl (C=O) groups excluding carboxylic acids is 1. The van der Waals surface area contributed by atoms with Gasteiger partial charge in [0.25, 0.3) is 0 Å². The van der Waals surface area contributed by atoms with Gasteiger partial charge >= 0.3 is 5.51 Å². The van der Waals surface area contributed by atoms with Crippen LogP contribution in [-0.4, -0.2) is 24.2 Å². The van der Waals surface area contributed by atoms with Crippen LogP contribution in [0.15, 0.2) is 18.2 Å². The molecule has 1 aromatic carbocycles. The van der Waals surface area contributed by atoms with Crippen molar-refractivity contribution >= 4 is 18.0 Å². The van der Waals surface area contributed by atoms with Crippen LogP contribution >= 0.6 is 11.8 Å². The van der Waals surface area contributed by atoms with Crippen molar-refractivity contribution < 1.29 is 27.1 Å². The van der Waals surface area contributed by atoms with Gasteiger partial charge in [0, 0.05) is 17.4 Å². The van der Waals surface area contributed by atoms with Crippen LogP contribution in [-0.2, 0) is 0 Å². The minimum absolute atomic E-state index is 0.0369. The monoisotopic (exact) mass is 268 g/mol. The number of carbonyl (C=O) groups is 1. The number of ether oxygens (including phenoxy) is 1. The first kappa shape index (κ1) is 13.8. The van der Waals surface area contributed by atoms with Gasteiger partial charge in [-0.05, 0) is 23.9 Å².